The van der Waals surface area contributed by atoms with Gasteiger partial charge in [-0.2, -0.15) is 0 Å². The lowest BCUT2D eigenvalue weighted by Crippen LogP contribution is -2.49. The number of benzene rings is 1. The van der Waals surface area contributed by atoms with Gasteiger partial charge in [0.2, 0.25) is 0 Å². The van der Waals surface area contributed by atoms with Crippen molar-refractivity contribution < 1.29 is 9.53 Å². The van der Waals surface area contributed by atoms with Crippen molar-refractivity contribution in [2.45, 2.75) is 6.61 Å². The highest BCUT2D eigenvalue weighted by Crippen LogP contribution is 2.18. The lowest BCUT2D eigenvalue weighted by Gasteiger charge is -2.34. The van der Waals surface area contributed by atoms with E-state index in [0.717, 1.165) is 28.9 Å². The highest BCUT2D eigenvalue weighted by Gasteiger charge is 2.22. The van der Waals surface area contributed by atoms with Crippen LogP contribution in [-0.4, -0.2) is 42.2 Å². The number of hydrogen-bond acceptors (Lipinski definition) is 4. The normalized spacial score (nSPS) is 14.7. The van der Waals surface area contributed by atoms with Crippen molar-refractivity contribution >= 4 is 27.8 Å². The molecule has 0 atom stereocenters. The Bertz CT molecular complexity index is 658. The summed E-state index contributed by atoms with van der Waals surface area (Å²) in [4.78, 5) is 20.4. The quantitative estimate of drug-likeness (QED) is 0.825. The average molecular weight is 376 g/mol. The molecule has 0 bridgehead atoms. The van der Waals surface area contributed by atoms with E-state index in [4.69, 9.17) is 4.74 Å². The maximum absolute atomic E-state index is 12.1. The number of amides is 1. The van der Waals surface area contributed by atoms with Crippen LogP contribution in [0, 0.1) is 0 Å². The first kappa shape index (κ1) is 15.8. The zero-order valence-corrected chi connectivity index (χ0v) is 14.3. The second-order valence-corrected chi connectivity index (χ2v) is 6.26. The van der Waals surface area contributed by atoms with Gasteiger partial charge >= 0.3 is 6.09 Å². The van der Waals surface area contributed by atoms with Crippen molar-refractivity contribution in [3.05, 3.63) is 58.7 Å². The van der Waals surface area contributed by atoms with Gasteiger partial charge in [0.1, 0.15) is 12.4 Å². The van der Waals surface area contributed by atoms with E-state index in [0.29, 0.717) is 19.7 Å². The maximum Gasteiger partial charge on any atom is 0.410 e. The molecular formula is C17H18BrN3O2. The van der Waals surface area contributed by atoms with Crippen LogP contribution in [0.15, 0.2) is 53.1 Å². The lowest BCUT2D eigenvalue weighted by atomic mass is 10.2. The van der Waals surface area contributed by atoms with Gasteiger partial charge in [0, 0.05) is 36.8 Å². The maximum atomic E-state index is 12.1. The Labute approximate surface area is 144 Å². The molecule has 1 aromatic carbocycles. The van der Waals surface area contributed by atoms with E-state index < -0.39 is 0 Å². The molecule has 1 amide bonds. The Kier molecular flexibility index (Phi) is 5.12. The molecule has 6 heteroatoms. The van der Waals surface area contributed by atoms with Crippen molar-refractivity contribution in [3.8, 4) is 0 Å². The molecular weight excluding hydrogens is 358 g/mol. The fourth-order valence-corrected chi connectivity index (χ4v) is 2.82. The molecule has 1 aliphatic rings. The first-order chi connectivity index (χ1) is 11.2. The van der Waals surface area contributed by atoms with Gasteiger partial charge in [-0.1, -0.05) is 46.3 Å². The molecule has 1 saturated heterocycles. The highest BCUT2D eigenvalue weighted by atomic mass is 79.9. The van der Waals surface area contributed by atoms with Gasteiger partial charge in [0.05, 0.1) is 0 Å². The molecule has 1 aliphatic heterocycles. The number of anilines is 1. The van der Waals surface area contributed by atoms with Crippen LogP contribution in [0.25, 0.3) is 0 Å². The van der Waals surface area contributed by atoms with E-state index >= 15 is 0 Å². The van der Waals surface area contributed by atoms with E-state index in [1.165, 1.54) is 0 Å². The number of nitrogens with zero attached hydrogens (tertiary/aromatic N) is 3. The Hall–Kier alpha value is -2.08. The van der Waals surface area contributed by atoms with Crippen LogP contribution in [0.2, 0.25) is 0 Å². The van der Waals surface area contributed by atoms with E-state index in [2.05, 4.69) is 25.8 Å². The van der Waals surface area contributed by atoms with Crippen LogP contribution in [0.3, 0.4) is 0 Å². The minimum Gasteiger partial charge on any atom is -0.445 e. The van der Waals surface area contributed by atoms with Gasteiger partial charge in [-0.15, -0.1) is 0 Å². The van der Waals surface area contributed by atoms with Crippen LogP contribution < -0.4 is 4.90 Å². The summed E-state index contributed by atoms with van der Waals surface area (Å²) in [5.41, 5.74) is 0.998. The first-order valence-electron chi connectivity index (χ1n) is 7.54. The zero-order valence-electron chi connectivity index (χ0n) is 12.7. The van der Waals surface area contributed by atoms with E-state index in [1.54, 1.807) is 11.1 Å². The summed E-state index contributed by atoms with van der Waals surface area (Å²) in [5.74, 6) is 0.927. The number of piperazine rings is 1. The Balaban J connectivity index is 1.49. The smallest absolute Gasteiger partial charge is 0.410 e. The molecule has 1 aromatic heterocycles. The number of hydrogen-bond donors (Lipinski definition) is 0. The Morgan fingerprint density at radius 2 is 1.87 bits per heavy atom. The summed E-state index contributed by atoms with van der Waals surface area (Å²) in [7, 11) is 0. The lowest BCUT2D eigenvalue weighted by molar-refractivity contribution is 0.0941. The SMILES string of the molecule is O=C(OCc1ccccc1)N1CCN(c2cc(Br)ccn2)CC1. The van der Waals surface area contributed by atoms with Gasteiger partial charge < -0.3 is 14.5 Å². The molecule has 0 N–H and O–H groups in total. The van der Waals surface area contributed by atoms with Crippen LogP contribution in [0.4, 0.5) is 10.6 Å². The molecule has 0 spiro atoms. The summed E-state index contributed by atoms with van der Waals surface area (Å²) >= 11 is 3.46. The molecule has 5 nitrogen and oxygen atoms in total. The first-order valence-corrected chi connectivity index (χ1v) is 8.34. The summed E-state index contributed by atoms with van der Waals surface area (Å²) in [6.07, 6.45) is 1.52. The number of rotatable bonds is 3. The third kappa shape index (κ3) is 4.22. The van der Waals surface area contributed by atoms with Gasteiger partial charge in [-0.3, -0.25) is 0 Å². The standard InChI is InChI=1S/C17H18BrN3O2/c18-15-6-7-19-16(12-15)20-8-10-21(11-9-20)17(22)23-13-14-4-2-1-3-5-14/h1-7,12H,8-11,13H2. The predicted octanol–water partition coefficient (Wildman–Crippen LogP) is 3.30. The largest absolute Gasteiger partial charge is 0.445 e. The topological polar surface area (TPSA) is 45.7 Å². The monoisotopic (exact) mass is 375 g/mol. The number of pyridine rings is 1. The summed E-state index contributed by atoms with van der Waals surface area (Å²) < 4.78 is 6.38. The third-order valence-electron chi connectivity index (χ3n) is 3.77. The molecule has 2 aromatic rings. The Morgan fingerprint density at radius 3 is 2.57 bits per heavy atom. The van der Waals surface area contributed by atoms with Gasteiger partial charge in [-0.25, -0.2) is 9.78 Å². The van der Waals surface area contributed by atoms with Crippen molar-refractivity contribution in [1.82, 2.24) is 9.88 Å². The second-order valence-electron chi connectivity index (χ2n) is 5.35. The van der Waals surface area contributed by atoms with Crippen molar-refractivity contribution in [1.29, 1.82) is 0 Å². The number of carbonyl (C=O) groups is 1. The predicted molar refractivity (Wildman–Crippen MR) is 92.4 cm³/mol. The summed E-state index contributed by atoms with van der Waals surface area (Å²) in [6.45, 7) is 3.10. The van der Waals surface area contributed by atoms with E-state index in [9.17, 15) is 4.79 Å². The summed E-state index contributed by atoms with van der Waals surface area (Å²) in [5, 5.41) is 0. The molecule has 2 heterocycles. The van der Waals surface area contributed by atoms with Crippen molar-refractivity contribution in [3.63, 3.8) is 0 Å². The minimum absolute atomic E-state index is 0.254. The number of aromatic nitrogens is 1. The zero-order chi connectivity index (χ0) is 16.1. The number of carbonyl (C=O) groups excluding carboxylic acids is 1. The van der Waals surface area contributed by atoms with Crippen molar-refractivity contribution in [2.75, 3.05) is 31.1 Å². The molecule has 1 fully saturated rings. The third-order valence-corrected chi connectivity index (χ3v) is 4.27. The molecule has 0 unspecified atom stereocenters. The second kappa shape index (κ2) is 7.46. The van der Waals surface area contributed by atoms with Gasteiger partial charge in [0.25, 0.3) is 0 Å². The molecule has 23 heavy (non-hydrogen) atoms. The number of halogens is 1. The number of ether oxygens (including phenoxy) is 1. The molecule has 0 aliphatic carbocycles. The van der Waals surface area contributed by atoms with Crippen LogP contribution in [0.1, 0.15) is 5.56 Å². The van der Waals surface area contributed by atoms with Gasteiger partial charge in [-0.05, 0) is 17.7 Å². The van der Waals surface area contributed by atoms with Crippen molar-refractivity contribution in [2.24, 2.45) is 0 Å². The van der Waals surface area contributed by atoms with Crippen LogP contribution in [-0.2, 0) is 11.3 Å². The molecule has 0 saturated carbocycles. The van der Waals surface area contributed by atoms with Crippen LogP contribution in [0.5, 0.6) is 0 Å². The molecule has 0 radical (unpaired) electrons. The van der Waals surface area contributed by atoms with E-state index in [-0.39, 0.29) is 6.09 Å². The van der Waals surface area contributed by atoms with Crippen LogP contribution >= 0.6 is 15.9 Å². The highest BCUT2D eigenvalue weighted by molar-refractivity contribution is 9.10. The fraction of sp³-hybridized carbons (Fsp3) is 0.294. The van der Waals surface area contributed by atoms with E-state index in [1.807, 2.05) is 42.5 Å². The average Bonchev–Trinajstić information content (AvgIpc) is 2.61. The summed E-state index contributed by atoms with van der Waals surface area (Å²) in [6, 6.07) is 13.6. The molecule has 3 rings (SSSR count). The van der Waals surface area contributed by atoms with Gasteiger partial charge in [0.15, 0.2) is 0 Å². The molecule has 120 valence electrons. The Morgan fingerprint density at radius 1 is 1.13 bits per heavy atom. The minimum atomic E-state index is -0.254. The fourth-order valence-electron chi connectivity index (χ4n) is 2.50.